The fraction of sp³-hybridized carbons (Fsp3) is 0.800. The van der Waals surface area contributed by atoms with E-state index < -0.39 is 33.0 Å². The summed E-state index contributed by atoms with van der Waals surface area (Å²) in [6.45, 7) is 4.72. The van der Waals surface area contributed by atoms with E-state index in [0.717, 1.165) is 6.26 Å². The molecule has 0 saturated carbocycles. The standard InChI is InChI=1S/C10H19NO5S/c1-5-6(2)8(10(13)14)11-9(12)7(3)17(4,15)16/h6-8H,5H2,1-4H3,(H,11,12)(H,13,14). The summed E-state index contributed by atoms with van der Waals surface area (Å²) in [6, 6.07) is -1.06. The molecule has 0 saturated heterocycles. The molecule has 100 valence electrons. The van der Waals surface area contributed by atoms with Crippen LogP contribution in [0.25, 0.3) is 0 Å². The third-order valence-electron chi connectivity index (χ3n) is 2.79. The molecule has 0 aliphatic heterocycles. The van der Waals surface area contributed by atoms with Gasteiger partial charge in [-0.15, -0.1) is 0 Å². The Morgan fingerprint density at radius 3 is 2.06 bits per heavy atom. The first-order valence-corrected chi connectivity index (χ1v) is 7.28. The Labute approximate surface area is 101 Å². The van der Waals surface area contributed by atoms with Crippen molar-refractivity contribution in [2.75, 3.05) is 6.26 Å². The quantitative estimate of drug-likeness (QED) is 0.706. The Bertz CT molecular complexity index is 390. The average Bonchev–Trinajstić information content (AvgIpc) is 2.21. The van der Waals surface area contributed by atoms with Gasteiger partial charge in [0.15, 0.2) is 9.84 Å². The van der Waals surface area contributed by atoms with Gasteiger partial charge < -0.3 is 10.4 Å². The first kappa shape index (κ1) is 15.9. The van der Waals surface area contributed by atoms with Gasteiger partial charge in [0.25, 0.3) is 0 Å². The zero-order valence-electron chi connectivity index (χ0n) is 10.4. The molecule has 0 aromatic heterocycles. The van der Waals surface area contributed by atoms with E-state index in [1.54, 1.807) is 13.8 Å². The lowest BCUT2D eigenvalue weighted by molar-refractivity contribution is -0.143. The van der Waals surface area contributed by atoms with Crippen molar-refractivity contribution >= 4 is 21.7 Å². The highest BCUT2D eigenvalue weighted by molar-refractivity contribution is 7.92. The Morgan fingerprint density at radius 1 is 1.29 bits per heavy atom. The summed E-state index contributed by atoms with van der Waals surface area (Å²) in [6.07, 6.45) is 1.51. The zero-order valence-corrected chi connectivity index (χ0v) is 11.2. The normalized spacial score (nSPS) is 16.9. The van der Waals surface area contributed by atoms with Crippen LogP contribution in [0.15, 0.2) is 0 Å². The number of rotatable bonds is 6. The van der Waals surface area contributed by atoms with Gasteiger partial charge in [-0.1, -0.05) is 20.3 Å². The molecule has 3 unspecified atom stereocenters. The van der Waals surface area contributed by atoms with Gasteiger partial charge in [0.05, 0.1) is 0 Å². The van der Waals surface area contributed by atoms with E-state index >= 15 is 0 Å². The first-order chi connectivity index (χ1) is 7.61. The van der Waals surface area contributed by atoms with E-state index in [1.165, 1.54) is 6.92 Å². The minimum absolute atomic E-state index is 0.261. The summed E-state index contributed by atoms with van der Waals surface area (Å²) in [4.78, 5) is 22.5. The maximum Gasteiger partial charge on any atom is 0.326 e. The number of aliphatic carboxylic acids is 1. The summed E-state index contributed by atoms with van der Waals surface area (Å²) in [5.41, 5.74) is 0. The number of nitrogens with one attached hydrogen (secondary N) is 1. The van der Waals surface area contributed by atoms with Crippen molar-refractivity contribution in [3.8, 4) is 0 Å². The number of carbonyl (C=O) groups excluding carboxylic acids is 1. The van der Waals surface area contributed by atoms with Gasteiger partial charge in [-0.2, -0.15) is 0 Å². The van der Waals surface area contributed by atoms with E-state index in [2.05, 4.69) is 5.32 Å². The van der Waals surface area contributed by atoms with E-state index in [4.69, 9.17) is 5.11 Å². The maximum atomic E-state index is 11.6. The number of hydrogen-bond donors (Lipinski definition) is 2. The summed E-state index contributed by atoms with van der Waals surface area (Å²) in [5.74, 6) is -2.20. The highest BCUT2D eigenvalue weighted by Crippen LogP contribution is 2.09. The Kier molecular flexibility index (Phi) is 5.60. The molecule has 3 atom stereocenters. The van der Waals surface area contributed by atoms with Gasteiger partial charge in [-0.3, -0.25) is 4.79 Å². The lowest BCUT2D eigenvalue weighted by Crippen LogP contribution is -2.49. The van der Waals surface area contributed by atoms with Crippen LogP contribution >= 0.6 is 0 Å². The monoisotopic (exact) mass is 265 g/mol. The van der Waals surface area contributed by atoms with Crippen molar-refractivity contribution < 1.29 is 23.1 Å². The van der Waals surface area contributed by atoms with Gasteiger partial charge in [-0.25, -0.2) is 13.2 Å². The fourth-order valence-corrected chi connectivity index (χ4v) is 1.61. The minimum Gasteiger partial charge on any atom is -0.480 e. The summed E-state index contributed by atoms with van der Waals surface area (Å²) >= 11 is 0. The molecular weight excluding hydrogens is 246 g/mol. The maximum absolute atomic E-state index is 11.6. The van der Waals surface area contributed by atoms with Gasteiger partial charge in [0, 0.05) is 6.26 Å². The number of hydrogen-bond acceptors (Lipinski definition) is 4. The smallest absolute Gasteiger partial charge is 0.326 e. The van der Waals surface area contributed by atoms with Crippen molar-refractivity contribution in [3.05, 3.63) is 0 Å². The number of sulfone groups is 1. The molecule has 0 bridgehead atoms. The average molecular weight is 265 g/mol. The molecule has 7 heteroatoms. The van der Waals surface area contributed by atoms with E-state index in [9.17, 15) is 18.0 Å². The molecule has 0 aromatic carbocycles. The van der Waals surface area contributed by atoms with Crippen molar-refractivity contribution in [3.63, 3.8) is 0 Å². The van der Waals surface area contributed by atoms with Crippen LogP contribution in [-0.2, 0) is 19.4 Å². The van der Waals surface area contributed by atoms with E-state index in [-0.39, 0.29) is 5.92 Å². The molecule has 0 rings (SSSR count). The van der Waals surface area contributed by atoms with Crippen molar-refractivity contribution in [1.29, 1.82) is 0 Å². The molecule has 0 fully saturated rings. The second-order valence-corrected chi connectivity index (χ2v) is 6.55. The molecular formula is C10H19NO5S. The fourth-order valence-electron chi connectivity index (χ4n) is 1.15. The van der Waals surface area contributed by atoms with Crippen LogP contribution in [0.4, 0.5) is 0 Å². The molecule has 0 radical (unpaired) electrons. The molecule has 17 heavy (non-hydrogen) atoms. The minimum atomic E-state index is -3.51. The predicted octanol–water partition coefficient (Wildman–Crippen LogP) is 0.0350. The first-order valence-electron chi connectivity index (χ1n) is 5.33. The molecule has 0 spiro atoms. The number of carboxylic acid groups (broad SMARTS) is 1. The number of carboxylic acids is 1. The predicted molar refractivity (Wildman–Crippen MR) is 63.3 cm³/mol. The van der Waals surface area contributed by atoms with E-state index in [0.29, 0.717) is 6.42 Å². The van der Waals surface area contributed by atoms with Crippen molar-refractivity contribution in [2.24, 2.45) is 5.92 Å². The lowest BCUT2D eigenvalue weighted by Gasteiger charge is -2.21. The molecule has 0 aliphatic carbocycles. The zero-order chi connectivity index (χ0) is 13.8. The van der Waals surface area contributed by atoms with Gasteiger partial charge in [0.1, 0.15) is 11.3 Å². The largest absolute Gasteiger partial charge is 0.480 e. The van der Waals surface area contributed by atoms with Gasteiger partial charge >= 0.3 is 5.97 Å². The van der Waals surface area contributed by atoms with Crippen LogP contribution < -0.4 is 5.32 Å². The van der Waals surface area contributed by atoms with Crippen LogP contribution in [-0.4, -0.2) is 42.9 Å². The van der Waals surface area contributed by atoms with Crippen molar-refractivity contribution in [2.45, 2.75) is 38.5 Å². The summed E-state index contributed by atoms with van der Waals surface area (Å²) in [5, 5.41) is 9.96. The van der Waals surface area contributed by atoms with E-state index in [1.807, 2.05) is 0 Å². The van der Waals surface area contributed by atoms with Crippen LogP contribution in [0.2, 0.25) is 0 Å². The molecule has 0 aliphatic rings. The van der Waals surface area contributed by atoms with Crippen LogP contribution in [0, 0.1) is 5.92 Å². The molecule has 1 amide bonds. The van der Waals surface area contributed by atoms with Crippen LogP contribution in [0.3, 0.4) is 0 Å². The molecule has 0 aromatic rings. The molecule has 0 heterocycles. The Hall–Kier alpha value is -1.11. The second kappa shape index (κ2) is 6.00. The van der Waals surface area contributed by atoms with Gasteiger partial charge in [-0.05, 0) is 12.8 Å². The summed E-state index contributed by atoms with van der Waals surface area (Å²) < 4.78 is 22.3. The Balaban J connectivity index is 4.80. The molecule has 6 nitrogen and oxygen atoms in total. The second-order valence-electron chi connectivity index (χ2n) is 4.18. The number of carbonyl (C=O) groups is 2. The third kappa shape index (κ3) is 4.72. The Morgan fingerprint density at radius 2 is 1.76 bits per heavy atom. The third-order valence-corrected chi connectivity index (χ3v) is 4.29. The number of amides is 1. The highest BCUT2D eigenvalue weighted by atomic mass is 32.2. The van der Waals surface area contributed by atoms with Crippen LogP contribution in [0.1, 0.15) is 27.2 Å². The van der Waals surface area contributed by atoms with Crippen molar-refractivity contribution in [1.82, 2.24) is 5.32 Å². The van der Waals surface area contributed by atoms with Gasteiger partial charge in [0.2, 0.25) is 5.91 Å². The topological polar surface area (TPSA) is 101 Å². The SMILES string of the molecule is CCC(C)C(NC(=O)C(C)S(C)(=O)=O)C(=O)O. The molecule has 2 N–H and O–H groups in total. The summed E-state index contributed by atoms with van der Waals surface area (Å²) in [7, 11) is -3.51. The highest BCUT2D eigenvalue weighted by Gasteiger charge is 2.30. The lowest BCUT2D eigenvalue weighted by atomic mass is 9.99. The van der Waals surface area contributed by atoms with Crippen LogP contribution in [0.5, 0.6) is 0 Å².